The zero-order valence-electron chi connectivity index (χ0n) is 19.9. The lowest BCUT2D eigenvalue weighted by Gasteiger charge is -2.28. The Labute approximate surface area is 205 Å². The minimum Gasteiger partial charge on any atom is -0.481 e. The molecule has 2 atom stereocenters. The zero-order chi connectivity index (χ0) is 24.8. The Morgan fingerprint density at radius 1 is 1.03 bits per heavy atom. The second kappa shape index (κ2) is 11.4. The monoisotopic (exact) mass is 480 g/mol. The van der Waals surface area contributed by atoms with Crippen LogP contribution in [0.4, 0.5) is 4.79 Å². The second-order valence-electron chi connectivity index (χ2n) is 9.22. The number of carbonyl (C=O) groups is 3. The van der Waals surface area contributed by atoms with Gasteiger partial charge in [-0.25, -0.2) is 4.79 Å². The summed E-state index contributed by atoms with van der Waals surface area (Å²) < 4.78 is 10.8. The van der Waals surface area contributed by atoms with Crippen molar-refractivity contribution >= 4 is 18.0 Å². The molecule has 2 unspecified atom stereocenters. The first-order valence-corrected chi connectivity index (χ1v) is 12.1. The summed E-state index contributed by atoms with van der Waals surface area (Å²) in [5.74, 6) is -1.50. The van der Waals surface area contributed by atoms with Crippen molar-refractivity contribution in [3.63, 3.8) is 0 Å². The molecular formula is C27H32N2O6. The van der Waals surface area contributed by atoms with Gasteiger partial charge >= 0.3 is 12.1 Å². The Hall–Kier alpha value is -3.39. The number of rotatable bonds is 8. The molecule has 1 fully saturated rings. The fourth-order valence-electron chi connectivity index (χ4n) is 5.18. The lowest BCUT2D eigenvalue weighted by molar-refractivity contribution is -0.142. The Kier molecular flexibility index (Phi) is 8.02. The van der Waals surface area contributed by atoms with Gasteiger partial charge in [0.1, 0.15) is 12.6 Å². The highest BCUT2D eigenvalue weighted by Gasteiger charge is 2.32. The molecule has 0 saturated carbocycles. The predicted molar refractivity (Wildman–Crippen MR) is 130 cm³/mol. The molecule has 0 aromatic heterocycles. The molecule has 2 aromatic rings. The van der Waals surface area contributed by atoms with E-state index in [-0.39, 0.29) is 18.4 Å². The molecule has 0 radical (unpaired) electrons. The molecule has 4 rings (SSSR count). The average Bonchev–Trinajstić information content (AvgIpc) is 2.98. The number of hydrogen-bond donors (Lipinski definition) is 2. The SMILES string of the molecule is COCC1CCCCN(C(=O)C(CC(=O)O)NC(=O)OCC2c3ccccc3-c3ccccc32)C1. The first-order chi connectivity index (χ1) is 17.0. The summed E-state index contributed by atoms with van der Waals surface area (Å²) in [6.07, 6.45) is 1.45. The van der Waals surface area contributed by atoms with Crippen molar-refractivity contribution in [2.45, 2.75) is 37.6 Å². The number of benzene rings is 2. The van der Waals surface area contributed by atoms with E-state index < -0.39 is 30.4 Å². The van der Waals surface area contributed by atoms with Crippen molar-refractivity contribution in [2.24, 2.45) is 5.92 Å². The Bertz CT molecular complexity index is 1030. The van der Waals surface area contributed by atoms with Crippen molar-refractivity contribution < 1.29 is 29.0 Å². The molecule has 2 amide bonds. The number of methoxy groups -OCH3 is 1. The van der Waals surface area contributed by atoms with E-state index in [1.54, 1.807) is 12.0 Å². The van der Waals surface area contributed by atoms with Crippen LogP contribution in [0.1, 0.15) is 42.7 Å². The van der Waals surface area contributed by atoms with Crippen molar-refractivity contribution in [3.05, 3.63) is 59.7 Å². The van der Waals surface area contributed by atoms with E-state index in [2.05, 4.69) is 5.32 Å². The maximum absolute atomic E-state index is 13.2. The van der Waals surface area contributed by atoms with Crippen molar-refractivity contribution in [2.75, 3.05) is 33.4 Å². The van der Waals surface area contributed by atoms with Crippen LogP contribution in [0.25, 0.3) is 11.1 Å². The van der Waals surface area contributed by atoms with Gasteiger partial charge in [0.25, 0.3) is 0 Å². The van der Waals surface area contributed by atoms with Crippen LogP contribution in [0.3, 0.4) is 0 Å². The van der Waals surface area contributed by atoms with E-state index >= 15 is 0 Å². The minimum atomic E-state index is -1.19. The molecule has 8 heteroatoms. The van der Waals surface area contributed by atoms with Crippen LogP contribution in [0.2, 0.25) is 0 Å². The summed E-state index contributed by atoms with van der Waals surface area (Å²) >= 11 is 0. The summed E-state index contributed by atoms with van der Waals surface area (Å²) in [5, 5.41) is 11.9. The first kappa shape index (κ1) is 24.7. The number of aliphatic carboxylic acids is 1. The first-order valence-electron chi connectivity index (χ1n) is 12.1. The number of alkyl carbamates (subject to hydrolysis) is 1. The third kappa shape index (κ3) is 5.82. The van der Waals surface area contributed by atoms with Crippen LogP contribution in [-0.2, 0) is 19.1 Å². The summed E-state index contributed by atoms with van der Waals surface area (Å²) in [4.78, 5) is 39.1. The third-order valence-electron chi connectivity index (χ3n) is 6.80. The molecule has 1 aliphatic heterocycles. The number of fused-ring (bicyclic) bond motifs is 3. The molecule has 1 saturated heterocycles. The minimum absolute atomic E-state index is 0.0907. The normalized spacial score (nSPS) is 18.2. The van der Waals surface area contributed by atoms with Gasteiger partial charge in [-0.15, -0.1) is 0 Å². The second-order valence-corrected chi connectivity index (χ2v) is 9.22. The van der Waals surface area contributed by atoms with Crippen molar-refractivity contribution in [1.29, 1.82) is 0 Å². The molecule has 2 aliphatic rings. The highest BCUT2D eigenvalue weighted by Crippen LogP contribution is 2.44. The Morgan fingerprint density at radius 2 is 1.69 bits per heavy atom. The maximum Gasteiger partial charge on any atom is 0.407 e. The Balaban J connectivity index is 1.42. The predicted octanol–water partition coefficient (Wildman–Crippen LogP) is 3.64. The molecule has 2 N–H and O–H groups in total. The zero-order valence-corrected chi connectivity index (χ0v) is 19.9. The van der Waals surface area contributed by atoms with Gasteiger partial charge < -0.3 is 24.8 Å². The van der Waals surface area contributed by atoms with E-state index in [9.17, 15) is 19.5 Å². The number of carboxylic acids is 1. The number of nitrogens with one attached hydrogen (secondary N) is 1. The number of ether oxygens (including phenoxy) is 2. The Morgan fingerprint density at radius 3 is 2.31 bits per heavy atom. The number of carbonyl (C=O) groups excluding carboxylic acids is 2. The van der Waals surface area contributed by atoms with Crippen molar-refractivity contribution in [3.8, 4) is 11.1 Å². The van der Waals surface area contributed by atoms with Gasteiger partial charge in [-0.2, -0.15) is 0 Å². The quantitative estimate of drug-likeness (QED) is 0.598. The van der Waals surface area contributed by atoms with Crippen molar-refractivity contribution in [1.82, 2.24) is 10.2 Å². The van der Waals surface area contributed by atoms with E-state index in [1.165, 1.54) is 0 Å². The van der Waals surface area contributed by atoms with Crippen LogP contribution >= 0.6 is 0 Å². The average molecular weight is 481 g/mol. The third-order valence-corrected chi connectivity index (χ3v) is 6.80. The number of likely N-dealkylation sites (tertiary alicyclic amines) is 1. The van der Waals surface area contributed by atoms with E-state index in [0.29, 0.717) is 19.7 Å². The summed E-state index contributed by atoms with van der Waals surface area (Å²) in [7, 11) is 1.63. The van der Waals surface area contributed by atoms with Gasteiger partial charge in [0.05, 0.1) is 13.0 Å². The fourth-order valence-corrected chi connectivity index (χ4v) is 5.18. The summed E-state index contributed by atoms with van der Waals surface area (Å²) in [6, 6.07) is 14.8. The van der Waals surface area contributed by atoms with Crippen LogP contribution in [-0.4, -0.2) is 67.4 Å². The molecule has 2 aromatic carbocycles. The standard InChI is InChI=1S/C27H32N2O6/c1-34-16-18-8-6-7-13-29(15-18)26(32)24(14-25(30)31)28-27(33)35-17-23-21-11-4-2-9-19(21)20-10-3-5-12-22(20)23/h2-5,9-12,18,23-24H,6-8,13-17H2,1H3,(H,28,33)(H,30,31). The van der Waals surface area contributed by atoms with Gasteiger partial charge in [-0.3, -0.25) is 9.59 Å². The van der Waals surface area contributed by atoms with Crippen LogP contribution in [0, 0.1) is 5.92 Å². The number of carboxylic acid groups (broad SMARTS) is 1. The van der Waals surface area contributed by atoms with E-state index in [0.717, 1.165) is 41.5 Å². The molecule has 0 spiro atoms. The van der Waals surface area contributed by atoms with Gasteiger partial charge in [-0.1, -0.05) is 55.0 Å². The van der Waals surface area contributed by atoms with E-state index in [4.69, 9.17) is 9.47 Å². The molecule has 1 heterocycles. The fraction of sp³-hybridized carbons (Fsp3) is 0.444. The van der Waals surface area contributed by atoms with Crippen LogP contribution in [0.15, 0.2) is 48.5 Å². The van der Waals surface area contributed by atoms with Gasteiger partial charge in [-0.05, 0) is 41.0 Å². The number of nitrogens with zero attached hydrogens (tertiary/aromatic N) is 1. The van der Waals surface area contributed by atoms with Crippen LogP contribution in [0.5, 0.6) is 0 Å². The summed E-state index contributed by atoms with van der Waals surface area (Å²) in [5.41, 5.74) is 4.38. The largest absolute Gasteiger partial charge is 0.481 e. The molecule has 0 bridgehead atoms. The van der Waals surface area contributed by atoms with Gasteiger partial charge in [0.2, 0.25) is 5.91 Å². The molecule has 35 heavy (non-hydrogen) atoms. The molecule has 8 nitrogen and oxygen atoms in total. The summed E-state index contributed by atoms with van der Waals surface area (Å²) in [6.45, 7) is 1.64. The molecular weight excluding hydrogens is 448 g/mol. The topological polar surface area (TPSA) is 105 Å². The smallest absolute Gasteiger partial charge is 0.407 e. The highest BCUT2D eigenvalue weighted by molar-refractivity contribution is 5.89. The highest BCUT2D eigenvalue weighted by atomic mass is 16.5. The van der Waals surface area contributed by atoms with Gasteiger partial charge in [0, 0.05) is 26.1 Å². The van der Waals surface area contributed by atoms with Crippen LogP contribution < -0.4 is 5.32 Å². The number of amides is 2. The molecule has 1 aliphatic carbocycles. The van der Waals surface area contributed by atoms with Gasteiger partial charge in [0.15, 0.2) is 0 Å². The lowest BCUT2D eigenvalue weighted by Crippen LogP contribution is -2.51. The van der Waals surface area contributed by atoms with E-state index in [1.807, 2.05) is 48.5 Å². The lowest BCUT2D eigenvalue weighted by atomic mass is 9.98. The maximum atomic E-state index is 13.2. The number of hydrogen-bond acceptors (Lipinski definition) is 5. The molecule has 186 valence electrons.